The maximum Gasteiger partial charge on any atom is 0.253 e. The molecule has 7 heteroatoms. The molecule has 0 saturated carbocycles. The van der Waals surface area contributed by atoms with Gasteiger partial charge in [-0.15, -0.1) is 0 Å². The number of nitrogens with zero attached hydrogens (tertiary/aromatic N) is 1. The van der Waals surface area contributed by atoms with Crippen LogP contribution in [-0.4, -0.2) is 36.7 Å². The fourth-order valence-corrected chi connectivity index (χ4v) is 4.53. The Labute approximate surface area is 170 Å². The summed E-state index contributed by atoms with van der Waals surface area (Å²) in [6.45, 7) is 7.48. The number of anilines is 2. The predicted molar refractivity (Wildman–Crippen MR) is 114 cm³/mol. The van der Waals surface area contributed by atoms with Crippen LogP contribution in [0.1, 0.15) is 51.1 Å². The highest BCUT2D eigenvalue weighted by atomic mass is 16.5. The van der Waals surface area contributed by atoms with Crippen LogP contribution in [0.15, 0.2) is 27.8 Å². The molecule has 0 radical (unpaired) electrons. The largest absolute Gasteiger partial charge is 0.490 e. The number of piperidine rings is 1. The maximum atomic E-state index is 11.4. The summed E-state index contributed by atoms with van der Waals surface area (Å²) in [5.41, 5.74) is 5.52. The van der Waals surface area contributed by atoms with Crippen LogP contribution in [0.4, 0.5) is 11.4 Å². The van der Waals surface area contributed by atoms with Crippen LogP contribution in [0.25, 0.3) is 0 Å². The highest BCUT2D eigenvalue weighted by Gasteiger charge is 2.45. The van der Waals surface area contributed by atoms with Crippen LogP contribution in [-0.2, 0) is 0 Å². The topological polar surface area (TPSA) is 93.9 Å². The highest BCUT2D eigenvalue weighted by molar-refractivity contribution is 5.71. The number of fused-ring (bicyclic) bond motifs is 1. The first kappa shape index (κ1) is 19.8. The minimum atomic E-state index is -0.605. The van der Waals surface area contributed by atoms with E-state index in [9.17, 15) is 9.59 Å². The Hall–Kier alpha value is -2.54. The fraction of sp³-hybridized carbons (Fsp3) is 0.545. The van der Waals surface area contributed by atoms with Gasteiger partial charge < -0.3 is 20.5 Å². The van der Waals surface area contributed by atoms with E-state index in [1.807, 2.05) is 12.1 Å². The summed E-state index contributed by atoms with van der Waals surface area (Å²) in [6.07, 6.45) is 4.44. The molecule has 2 aliphatic heterocycles. The molecule has 0 aromatic heterocycles. The van der Waals surface area contributed by atoms with Crippen LogP contribution in [0.5, 0.6) is 11.5 Å². The zero-order valence-corrected chi connectivity index (χ0v) is 17.1. The maximum absolute atomic E-state index is 11.4. The second-order valence-corrected chi connectivity index (χ2v) is 8.45. The Kier molecular flexibility index (Phi) is 5.25. The average molecular weight is 399 g/mol. The van der Waals surface area contributed by atoms with Gasteiger partial charge in [-0.05, 0) is 52.3 Å². The molecule has 2 heterocycles. The van der Waals surface area contributed by atoms with Gasteiger partial charge in [0.1, 0.15) is 17.0 Å². The van der Waals surface area contributed by atoms with Crippen molar-refractivity contribution >= 4 is 11.4 Å². The van der Waals surface area contributed by atoms with Crippen molar-refractivity contribution in [2.75, 3.05) is 37.3 Å². The molecule has 0 spiro atoms. The van der Waals surface area contributed by atoms with Crippen LogP contribution in [0.2, 0.25) is 0 Å². The van der Waals surface area contributed by atoms with E-state index in [0.29, 0.717) is 19.6 Å². The summed E-state index contributed by atoms with van der Waals surface area (Å²) < 4.78 is 12.4. The van der Waals surface area contributed by atoms with Gasteiger partial charge in [-0.2, -0.15) is 0 Å². The molecule has 7 nitrogen and oxygen atoms in total. The second kappa shape index (κ2) is 7.71. The van der Waals surface area contributed by atoms with Crippen molar-refractivity contribution in [1.29, 1.82) is 0 Å². The summed E-state index contributed by atoms with van der Waals surface area (Å²) >= 11 is 0. The molecule has 1 unspecified atom stereocenters. The second-order valence-electron chi connectivity index (χ2n) is 8.45. The van der Waals surface area contributed by atoms with Crippen molar-refractivity contribution in [3.05, 3.63) is 44.2 Å². The first-order chi connectivity index (χ1) is 13.9. The van der Waals surface area contributed by atoms with E-state index >= 15 is 0 Å². The van der Waals surface area contributed by atoms with E-state index in [2.05, 4.69) is 30.1 Å². The molecule has 0 amide bonds. The van der Waals surface area contributed by atoms with Crippen molar-refractivity contribution < 1.29 is 9.47 Å². The van der Waals surface area contributed by atoms with Gasteiger partial charge in [0.05, 0.1) is 12.6 Å². The molecule has 29 heavy (non-hydrogen) atoms. The van der Waals surface area contributed by atoms with E-state index in [1.54, 1.807) is 0 Å². The first-order valence-corrected chi connectivity index (χ1v) is 10.4. The first-order valence-electron chi connectivity index (χ1n) is 10.4. The van der Waals surface area contributed by atoms with Gasteiger partial charge >= 0.3 is 0 Å². The van der Waals surface area contributed by atoms with Gasteiger partial charge in [-0.25, -0.2) is 0 Å². The third kappa shape index (κ3) is 3.59. The number of nitrogen functional groups attached to an aromatic ring is 1. The number of ether oxygens (including phenoxy) is 2. The Morgan fingerprint density at radius 2 is 1.97 bits per heavy atom. The lowest BCUT2D eigenvalue weighted by atomic mass is 9.91. The van der Waals surface area contributed by atoms with Gasteiger partial charge in [0.2, 0.25) is 0 Å². The Morgan fingerprint density at radius 3 is 2.69 bits per heavy atom. The molecule has 1 fully saturated rings. The SMILES string of the molecule is CC1(C)Oc2c(OCCCNc3c(N)c(=O)c3=O)cccc2C1N1CCCCC1. The monoisotopic (exact) mass is 399 g/mol. The summed E-state index contributed by atoms with van der Waals surface area (Å²) in [6, 6.07) is 6.35. The zero-order chi connectivity index (χ0) is 20.6. The van der Waals surface area contributed by atoms with Gasteiger partial charge in [-0.3, -0.25) is 14.5 Å². The molecule has 156 valence electrons. The number of para-hydroxylation sites is 1. The summed E-state index contributed by atoms with van der Waals surface area (Å²) in [4.78, 5) is 25.1. The Bertz CT molecular complexity index is 956. The highest BCUT2D eigenvalue weighted by Crippen LogP contribution is 2.51. The van der Waals surface area contributed by atoms with Crippen molar-refractivity contribution in [3.63, 3.8) is 0 Å². The zero-order valence-electron chi connectivity index (χ0n) is 17.1. The van der Waals surface area contributed by atoms with Gasteiger partial charge in [0.25, 0.3) is 10.9 Å². The number of nitrogens with two attached hydrogens (primary N) is 1. The van der Waals surface area contributed by atoms with Gasteiger partial charge in [-0.1, -0.05) is 18.6 Å². The quantitative estimate of drug-likeness (QED) is 0.545. The molecule has 4 rings (SSSR count). The van der Waals surface area contributed by atoms with Crippen LogP contribution in [0.3, 0.4) is 0 Å². The summed E-state index contributed by atoms with van der Waals surface area (Å²) in [5.74, 6) is 1.59. The van der Waals surface area contributed by atoms with E-state index < -0.39 is 10.9 Å². The molecule has 1 atom stereocenters. The summed E-state index contributed by atoms with van der Waals surface area (Å²) in [5, 5.41) is 2.92. The number of nitrogens with one attached hydrogen (secondary N) is 1. The van der Waals surface area contributed by atoms with E-state index in [0.717, 1.165) is 24.6 Å². The van der Waals surface area contributed by atoms with Gasteiger partial charge in [0, 0.05) is 12.1 Å². The lowest BCUT2D eigenvalue weighted by molar-refractivity contribution is 0.0186. The minimum absolute atomic E-state index is 0.0242. The number of hydrogen-bond donors (Lipinski definition) is 2. The molecule has 0 bridgehead atoms. The molecule has 3 N–H and O–H groups in total. The molecular formula is C22H29N3O4. The molecule has 1 saturated heterocycles. The Morgan fingerprint density at radius 1 is 1.21 bits per heavy atom. The van der Waals surface area contributed by atoms with E-state index in [4.69, 9.17) is 15.2 Å². The van der Waals surface area contributed by atoms with Gasteiger partial charge in [0.15, 0.2) is 11.5 Å². The normalized spacial score (nSPS) is 21.0. The molecule has 0 aliphatic carbocycles. The van der Waals surface area contributed by atoms with Crippen LogP contribution in [0, 0.1) is 0 Å². The van der Waals surface area contributed by atoms with Crippen molar-refractivity contribution in [3.8, 4) is 11.5 Å². The van der Waals surface area contributed by atoms with Crippen LogP contribution < -0.4 is 31.4 Å². The fourth-order valence-electron chi connectivity index (χ4n) is 4.53. The molecule has 2 aliphatic rings. The Balaban J connectivity index is 1.38. The number of benzene rings is 1. The third-order valence-electron chi connectivity index (χ3n) is 5.91. The minimum Gasteiger partial charge on any atom is -0.490 e. The predicted octanol–water partition coefficient (Wildman–Crippen LogP) is 2.44. The lowest BCUT2D eigenvalue weighted by Gasteiger charge is -2.38. The number of hydrogen-bond acceptors (Lipinski definition) is 7. The van der Waals surface area contributed by atoms with Crippen molar-refractivity contribution in [2.24, 2.45) is 0 Å². The lowest BCUT2D eigenvalue weighted by Crippen LogP contribution is -2.44. The number of likely N-dealkylation sites (tertiary alicyclic amines) is 1. The average Bonchev–Trinajstić information content (AvgIpc) is 3.00. The third-order valence-corrected chi connectivity index (χ3v) is 5.91. The van der Waals surface area contributed by atoms with E-state index in [1.165, 1.54) is 24.8 Å². The summed E-state index contributed by atoms with van der Waals surface area (Å²) in [7, 11) is 0. The molecular weight excluding hydrogens is 370 g/mol. The van der Waals surface area contributed by atoms with Crippen molar-refractivity contribution in [1.82, 2.24) is 4.90 Å². The smallest absolute Gasteiger partial charge is 0.253 e. The molecule has 2 aromatic carbocycles. The van der Waals surface area contributed by atoms with Crippen LogP contribution >= 0.6 is 0 Å². The molecule has 2 aromatic rings. The van der Waals surface area contributed by atoms with Crippen molar-refractivity contribution in [2.45, 2.75) is 51.2 Å². The number of rotatable bonds is 7. The van der Waals surface area contributed by atoms with E-state index in [-0.39, 0.29) is 23.0 Å². The standard InChI is InChI=1S/C22H29N3O4/c1-22(2)21(25-11-4-3-5-12-25)14-8-6-9-15(20(14)29-22)28-13-7-10-24-17-16(23)18(26)19(17)27/h6,8-9,21,24H,3-5,7,10-13,23H2,1-2H3.